The van der Waals surface area contributed by atoms with Crippen molar-refractivity contribution in [1.82, 2.24) is 5.32 Å². The molecule has 0 amide bonds. The van der Waals surface area contributed by atoms with Crippen LogP contribution in [0.2, 0.25) is 0 Å². The van der Waals surface area contributed by atoms with Gasteiger partial charge in [-0.05, 0) is 25.1 Å². The van der Waals surface area contributed by atoms with Crippen molar-refractivity contribution in [3.63, 3.8) is 0 Å². The first kappa shape index (κ1) is 16.0. The maximum absolute atomic E-state index is 12.4. The third kappa shape index (κ3) is 4.30. The molecule has 0 saturated carbocycles. The number of sulfonamides is 1. The highest BCUT2D eigenvalue weighted by Crippen LogP contribution is 2.27. The number of hydrogen-bond donors (Lipinski definition) is 2. The molecule has 0 unspecified atom stereocenters. The highest BCUT2D eigenvalue weighted by Gasteiger charge is 2.20. The summed E-state index contributed by atoms with van der Waals surface area (Å²) in [5, 5.41) is 3.30. The van der Waals surface area contributed by atoms with Crippen LogP contribution in [-0.4, -0.2) is 14.5 Å². The van der Waals surface area contributed by atoms with E-state index in [2.05, 4.69) is 23.9 Å². The van der Waals surface area contributed by atoms with Crippen LogP contribution in [-0.2, 0) is 16.6 Å². The van der Waals surface area contributed by atoms with Gasteiger partial charge < -0.3 is 5.32 Å². The van der Waals surface area contributed by atoms with E-state index >= 15 is 0 Å². The predicted octanol–water partition coefficient (Wildman–Crippen LogP) is 3.36. The molecule has 1 heterocycles. The summed E-state index contributed by atoms with van der Waals surface area (Å²) in [6.45, 7) is 6.65. The molecule has 0 radical (unpaired) electrons. The zero-order chi connectivity index (χ0) is 15.5. The fraction of sp³-hybridized carbons (Fsp3) is 0.333. The molecule has 0 bridgehead atoms. The third-order valence-corrected chi connectivity index (χ3v) is 5.61. The SMILES string of the molecule is Cc1sc(CNC(C)C)cc1S(=O)(=O)Nc1ccccc1. The lowest BCUT2D eigenvalue weighted by molar-refractivity contribution is 0.592. The monoisotopic (exact) mass is 324 g/mol. The molecule has 0 atom stereocenters. The van der Waals surface area contributed by atoms with Gasteiger partial charge in [-0.2, -0.15) is 0 Å². The molecule has 114 valence electrons. The van der Waals surface area contributed by atoms with E-state index in [1.165, 1.54) is 11.3 Å². The first-order chi connectivity index (χ1) is 9.88. The number of benzene rings is 1. The van der Waals surface area contributed by atoms with Crippen LogP contribution in [0.5, 0.6) is 0 Å². The van der Waals surface area contributed by atoms with Gasteiger partial charge in [-0.25, -0.2) is 8.42 Å². The van der Waals surface area contributed by atoms with E-state index in [-0.39, 0.29) is 0 Å². The molecule has 2 N–H and O–H groups in total. The average Bonchev–Trinajstić information content (AvgIpc) is 2.79. The highest BCUT2D eigenvalue weighted by molar-refractivity contribution is 7.93. The van der Waals surface area contributed by atoms with Crippen LogP contribution in [0.3, 0.4) is 0 Å². The minimum absolute atomic E-state index is 0.358. The second-order valence-electron chi connectivity index (χ2n) is 5.14. The molecule has 0 aliphatic heterocycles. The molecule has 2 aromatic rings. The normalized spacial score (nSPS) is 11.8. The van der Waals surface area contributed by atoms with Crippen LogP contribution >= 0.6 is 11.3 Å². The van der Waals surface area contributed by atoms with Gasteiger partial charge in [0, 0.05) is 28.0 Å². The fourth-order valence-electron chi connectivity index (χ4n) is 1.90. The van der Waals surface area contributed by atoms with Crippen LogP contribution < -0.4 is 10.0 Å². The zero-order valence-electron chi connectivity index (χ0n) is 12.4. The summed E-state index contributed by atoms with van der Waals surface area (Å²) in [7, 11) is -3.53. The maximum Gasteiger partial charge on any atom is 0.263 e. The molecular formula is C15H20N2O2S2. The summed E-state index contributed by atoms with van der Waals surface area (Å²) in [6, 6.07) is 11.0. The van der Waals surface area contributed by atoms with E-state index < -0.39 is 10.0 Å². The number of aryl methyl sites for hydroxylation is 1. The Bertz CT molecular complexity index is 692. The lowest BCUT2D eigenvalue weighted by Gasteiger charge is -2.07. The molecule has 1 aromatic heterocycles. The summed E-state index contributed by atoms with van der Waals surface area (Å²) in [5.41, 5.74) is 0.574. The topological polar surface area (TPSA) is 58.2 Å². The number of thiophene rings is 1. The zero-order valence-corrected chi connectivity index (χ0v) is 14.0. The molecule has 0 saturated heterocycles. The van der Waals surface area contributed by atoms with Gasteiger partial charge in [0.2, 0.25) is 0 Å². The van der Waals surface area contributed by atoms with Crippen molar-refractivity contribution in [3.8, 4) is 0 Å². The van der Waals surface area contributed by atoms with Crippen LogP contribution in [0, 0.1) is 6.92 Å². The Labute approximate surface area is 130 Å². The number of hydrogen-bond acceptors (Lipinski definition) is 4. The Kier molecular flexibility index (Phi) is 5.03. The molecule has 1 aromatic carbocycles. The van der Waals surface area contributed by atoms with Gasteiger partial charge in [-0.1, -0.05) is 32.0 Å². The summed E-state index contributed by atoms with van der Waals surface area (Å²) in [5.74, 6) is 0. The van der Waals surface area contributed by atoms with E-state index in [1.807, 2.05) is 13.0 Å². The second kappa shape index (κ2) is 6.60. The van der Waals surface area contributed by atoms with E-state index in [0.717, 1.165) is 9.75 Å². The standard InChI is InChI=1S/C15H20N2O2S2/c1-11(2)16-10-14-9-15(12(3)20-14)21(18,19)17-13-7-5-4-6-8-13/h4-9,11,16-17H,10H2,1-3H3. The van der Waals surface area contributed by atoms with Crippen LogP contribution in [0.4, 0.5) is 5.69 Å². The molecule has 2 rings (SSSR count). The number of rotatable bonds is 6. The van der Waals surface area contributed by atoms with Gasteiger partial charge in [-0.3, -0.25) is 4.72 Å². The summed E-state index contributed by atoms with van der Waals surface area (Å²) in [6.07, 6.45) is 0. The van der Waals surface area contributed by atoms with E-state index in [4.69, 9.17) is 0 Å². The average molecular weight is 324 g/mol. The summed E-state index contributed by atoms with van der Waals surface area (Å²) >= 11 is 1.51. The Hall–Kier alpha value is -1.37. The number of anilines is 1. The van der Waals surface area contributed by atoms with Crippen molar-refractivity contribution in [2.24, 2.45) is 0 Å². The second-order valence-corrected chi connectivity index (χ2v) is 8.13. The molecule has 0 aliphatic rings. The maximum atomic E-state index is 12.4. The lowest BCUT2D eigenvalue weighted by atomic mass is 10.3. The molecular weight excluding hydrogens is 304 g/mol. The van der Waals surface area contributed by atoms with Crippen molar-refractivity contribution in [1.29, 1.82) is 0 Å². The van der Waals surface area contributed by atoms with Crippen LogP contribution in [0.15, 0.2) is 41.3 Å². The Morgan fingerprint density at radius 3 is 2.48 bits per heavy atom. The van der Waals surface area contributed by atoms with Crippen LogP contribution in [0.1, 0.15) is 23.6 Å². The molecule has 0 fully saturated rings. The Morgan fingerprint density at radius 2 is 1.86 bits per heavy atom. The van der Waals surface area contributed by atoms with E-state index in [1.54, 1.807) is 30.3 Å². The largest absolute Gasteiger partial charge is 0.310 e. The molecule has 0 spiro atoms. The first-order valence-corrected chi connectivity index (χ1v) is 9.09. The predicted molar refractivity (Wildman–Crippen MR) is 88.3 cm³/mol. The fourth-order valence-corrected chi connectivity index (χ4v) is 4.55. The van der Waals surface area contributed by atoms with Gasteiger partial charge in [0.1, 0.15) is 4.90 Å². The van der Waals surface area contributed by atoms with Gasteiger partial charge in [0.15, 0.2) is 0 Å². The van der Waals surface area contributed by atoms with Crippen molar-refractivity contribution < 1.29 is 8.42 Å². The van der Waals surface area contributed by atoms with Crippen molar-refractivity contribution in [3.05, 3.63) is 46.2 Å². The minimum Gasteiger partial charge on any atom is -0.310 e. The Balaban J connectivity index is 2.20. The third-order valence-electron chi connectivity index (χ3n) is 2.92. The van der Waals surface area contributed by atoms with Gasteiger partial charge in [0.25, 0.3) is 10.0 Å². The lowest BCUT2D eigenvalue weighted by Crippen LogP contribution is -2.21. The van der Waals surface area contributed by atoms with Gasteiger partial charge in [0.05, 0.1) is 0 Å². The van der Waals surface area contributed by atoms with Gasteiger partial charge >= 0.3 is 0 Å². The molecule has 0 aliphatic carbocycles. The van der Waals surface area contributed by atoms with E-state index in [0.29, 0.717) is 23.2 Å². The molecule has 4 nitrogen and oxygen atoms in total. The quantitative estimate of drug-likeness (QED) is 0.856. The number of nitrogens with one attached hydrogen (secondary N) is 2. The summed E-state index contributed by atoms with van der Waals surface area (Å²) < 4.78 is 27.5. The van der Waals surface area contributed by atoms with Crippen molar-refractivity contribution in [2.75, 3.05) is 4.72 Å². The Morgan fingerprint density at radius 1 is 1.19 bits per heavy atom. The number of para-hydroxylation sites is 1. The van der Waals surface area contributed by atoms with Crippen molar-refractivity contribution >= 4 is 27.0 Å². The molecule has 21 heavy (non-hydrogen) atoms. The van der Waals surface area contributed by atoms with E-state index in [9.17, 15) is 8.42 Å². The van der Waals surface area contributed by atoms with Crippen LogP contribution in [0.25, 0.3) is 0 Å². The highest BCUT2D eigenvalue weighted by atomic mass is 32.2. The van der Waals surface area contributed by atoms with Gasteiger partial charge in [-0.15, -0.1) is 11.3 Å². The smallest absolute Gasteiger partial charge is 0.263 e. The summed E-state index contributed by atoms with van der Waals surface area (Å²) in [4.78, 5) is 2.19. The van der Waals surface area contributed by atoms with Crippen molar-refractivity contribution in [2.45, 2.75) is 38.3 Å². The minimum atomic E-state index is -3.53. The first-order valence-electron chi connectivity index (χ1n) is 6.79. The molecule has 6 heteroatoms.